The first-order valence-electron chi connectivity index (χ1n) is 6.47. The first-order valence-corrected chi connectivity index (χ1v) is 7.26. The maximum absolute atomic E-state index is 11.6. The maximum atomic E-state index is 11.6. The van der Waals surface area contributed by atoms with E-state index in [1.54, 1.807) is 0 Å². The van der Waals surface area contributed by atoms with Crippen LogP contribution in [0.25, 0.3) is 0 Å². The summed E-state index contributed by atoms with van der Waals surface area (Å²) in [6, 6.07) is 7.49. The number of urea groups is 1. The molecule has 0 aliphatic rings. The van der Waals surface area contributed by atoms with Gasteiger partial charge in [-0.25, -0.2) is 4.79 Å². The number of hydrogen-bond acceptors (Lipinski definition) is 2. The van der Waals surface area contributed by atoms with Gasteiger partial charge in [-0.05, 0) is 23.6 Å². The molecule has 0 saturated carbocycles. The van der Waals surface area contributed by atoms with Crippen LogP contribution in [-0.2, 0) is 6.54 Å². The molecule has 5 heteroatoms. The van der Waals surface area contributed by atoms with E-state index in [0.29, 0.717) is 6.54 Å². The van der Waals surface area contributed by atoms with Crippen LogP contribution in [-0.4, -0.2) is 23.8 Å². The molecule has 19 heavy (non-hydrogen) atoms. The van der Waals surface area contributed by atoms with Crippen LogP contribution < -0.4 is 10.6 Å². The zero-order chi connectivity index (χ0) is 14.3. The van der Waals surface area contributed by atoms with Crippen LogP contribution in [0.1, 0.15) is 25.8 Å². The molecule has 106 valence electrons. The van der Waals surface area contributed by atoms with E-state index >= 15 is 0 Å². The lowest BCUT2D eigenvalue weighted by Gasteiger charge is -2.17. The fourth-order valence-electron chi connectivity index (χ4n) is 1.52. The van der Waals surface area contributed by atoms with Gasteiger partial charge in [-0.15, -0.1) is 0 Å². The van der Waals surface area contributed by atoms with Crippen molar-refractivity contribution in [2.75, 3.05) is 6.54 Å². The molecular formula is C14H21BrN2O2. The molecule has 4 nitrogen and oxygen atoms in total. The van der Waals surface area contributed by atoms with E-state index in [0.717, 1.165) is 16.5 Å². The SMILES string of the molecule is CCC(C)C(O)CNC(=O)NCc1ccc(Br)cc1. The van der Waals surface area contributed by atoms with Crippen molar-refractivity contribution in [2.24, 2.45) is 5.92 Å². The van der Waals surface area contributed by atoms with Gasteiger partial charge in [-0.2, -0.15) is 0 Å². The molecule has 0 aromatic heterocycles. The second kappa shape index (κ2) is 8.17. The highest BCUT2D eigenvalue weighted by molar-refractivity contribution is 9.10. The Hall–Kier alpha value is -1.07. The summed E-state index contributed by atoms with van der Waals surface area (Å²) in [6.45, 7) is 4.73. The van der Waals surface area contributed by atoms with E-state index in [2.05, 4.69) is 26.6 Å². The minimum absolute atomic E-state index is 0.187. The average Bonchev–Trinajstić information content (AvgIpc) is 2.43. The Morgan fingerprint density at radius 3 is 2.53 bits per heavy atom. The second-order valence-corrected chi connectivity index (χ2v) is 5.56. The van der Waals surface area contributed by atoms with Crippen LogP contribution in [0.2, 0.25) is 0 Å². The van der Waals surface area contributed by atoms with Gasteiger partial charge in [0.25, 0.3) is 0 Å². The Balaban J connectivity index is 2.26. The van der Waals surface area contributed by atoms with Crippen LogP contribution in [0.4, 0.5) is 4.79 Å². The maximum Gasteiger partial charge on any atom is 0.315 e. The van der Waals surface area contributed by atoms with E-state index in [1.807, 2.05) is 38.1 Å². The number of nitrogens with one attached hydrogen (secondary N) is 2. The molecule has 2 unspecified atom stereocenters. The van der Waals surface area contributed by atoms with Crippen LogP contribution in [0.15, 0.2) is 28.7 Å². The number of halogens is 1. The molecule has 0 spiro atoms. The summed E-state index contributed by atoms with van der Waals surface area (Å²) in [5.41, 5.74) is 1.03. The number of amides is 2. The van der Waals surface area contributed by atoms with E-state index < -0.39 is 6.10 Å². The quantitative estimate of drug-likeness (QED) is 0.751. The third-order valence-corrected chi connectivity index (χ3v) is 3.67. The topological polar surface area (TPSA) is 61.4 Å². The molecule has 1 rings (SSSR count). The molecular weight excluding hydrogens is 308 g/mol. The van der Waals surface area contributed by atoms with Crippen LogP contribution in [0, 0.1) is 5.92 Å². The predicted molar refractivity (Wildman–Crippen MR) is 79.8 cm³/mol. The van der Waals surface area contributed by atoms with Crippen molar-refractivity contribution in [3.05, 3.63) is 34.3 Å². The number of benzene rings is 1. The third-order valence-electron chi connectivity index (χ3n) is 3.14. The highest BCUT2D eigenvalue weighted by Crippen LogP contribution is 2.10. The largest absolute Gasteiger partial charge is 0.391 e. The fraction of sp³-hybridized carbons (Fsp3) is 0.500. The van der Waals surface area contributed by atoms with Crippen molar-refractivity contribution in [1.82, 2.24) is 10.6 Å². The Bertz CT molecular complexity index is 395. The first-order chi connectivity index (χ1) is 9.02. The van der Waals surface area contributed by atoms with Gasteiger partial charge < -0.3 is 15.7 Å². The molecule has 0 fully saturated rings. The summed E-state index contributed by atoms with van der Waals surface area (Å²) >= 11 is 3.36. The molecule has 3 N–H and O–H groups in total. The normalized spacial score (nSPS) is 13.7. The standard InChI is InChI=1S/C14H21BrN2O2/c1-3-10(2)13(18)9-17-14(19)16-8-11-4-6-12(15)7-5-11/h4-7,10,13,18H,3,8-9H2,1-2H3,(H2,16,17,19). The fourth-order valence-corrected chi connectivity index (χ4v) is 1.78. The minimum Gasteiger partial charge on any atom is -0.391 e. The molecule has 1 aromatic rings. The van der Waals surface area contributed by atoms with Gasteiger partial charge in [-0.3, -0.25) is 0 Å². The lowest BCUT2D eigenvalue weighted by molar-refractivity contribution is 0.114. The molecule has 2 atom stereocenters. The lowest BCUT2D eigenvalue weighted by Crippen LogP contribution is -2.41. The third kappa shape index (κ3) is 6.07. The molecule has 2 amide bonds. The van der Waals surface area contributed by atoms with Crippen LogP contribution >= 0.6 is 15.9 Å². The van der Waals surface area contributed by atoms with Crippen LogP contribution in [0.3, 0.4) is 0 Å². The van der Waals surface area contributed by atoms with Crippen molar-refractivity contribution in [2.45, 2.75) is 32.9 Å². The van der Waals surface area contributed by atoms with Crippen molar-refractivity contribution in [3.63, 3.8) is 0 Å². The van der Waals surface area contributed by atoms with Crippen molar-refractivity contribution in [3.8, 4) is 0 Å². The van der Waals surface area contributed by atoms with Gasteiger partial charge in [0.1, 0.15) is 0 Å². The predicted octanol–water partition coefficient (Wildman–Crippen LogP) is 2.66. The lowest BCUT2D eigenvalue weighted by atomic mass is 10.0. The molecule has 0 bridgehead atoms. The summed E-state index contributed by atoms with van der Waals surface area (Å²) in [7, 11) is 0. The summed E-state index contributed by atoms with van der Waals surface area (Å²) in [4.78, 5) is 11.6. The number of aliphatic hydroxyl groups excluding tert-OH is 1. The summed E-state index contributed by atoms with van der Waals surface area (Å²) in [6.07, 6.45) is 0.395. The smallest absolute Gasteiger partial charge is 0.315 e. The van der Waals surface area contributed by atoms with Crippen molar-refractivity contribution in [1.29, 1.82) is 0 Å². The Morgan fingerprint density at radius 2 is 1.95 bits per heavy atom. The Morgan fingerprint density at radius 1 is 1.32 bits per heavy atom. The van der Waals surface area contributed by atoms with Crippen LogP contribution in [0.5, 0.6) is 0 Å². The van der Waals surface area contributed by atoms with Gasteiger partial charge in [0.2, 0.25) is 0 Å². The number of hydrogen-bond donors (Lipinski definition) is 3. The molecule has 0 heterocycles. The zero-order valence-electron chi connectivity index (χ0n) is 11.3. The van der Waals surface area contributed by atoms with Crippen molar-refractivity contribution >= 4 is 22.0 Å². The second-order valence-electron chi connectivity index (χ2n) is 4.64. The average molecular weight is 329 g/mol. The van der Waals surface area contributed by atoms with E-state index in [-0.39, 0.29) is 18.5 Å². The summed E-state index contributed by atoms with van der Waals surface area (Å²) < 4.78 is 1.01. The number of carbonyl (C=O) groups is 1. The first kappa shape index (κ1) is 16.0. The molecule has 1 aromatic carbocycles. The zero-order valence-corrected chi connectivity index (χ0v) is 12.9. The summed E-state index contributed by atoms with van der Waals surface area (Å²) in [5.74, 6) is 0.187. The van der Waals surface area contributed by atoms with Crippen molar-refractivity contribution < 1.29 is 9.90 Å². The van der Waals surface area contributed by atoms with E-state index in [4.69, 9.17) is 0 Å². The minimum atomic E-state index is -0.497. The highest BCUT2D eigenvalue weighted by atomic mass is 79.9. The van der Waals surface area contributed by atoms with Gasteiger partial charge in [0.05, 0.1) is 6.10 Å². The Kier molecular flexibility index (Phi) is 6.87. The summed E-state index contributed by atoms with van der Waals surface area (Å²) in [5, 5.41) is 15.2. The van der Waals surface area contributed by atoms with Gasteiger partial charge >= 0.3 is 6.03 Å². The monoisotopic (exact) mass is 328 g/mol. The molecule has 0 aliphatic heterocycles. The van der Waals surface area contributed by atoms with Gasteiger partial charge in [0.15, 0.2) is 0 Å². The Labute approximate surface area is 122 Å². The van der Waals surface area contributed by atoms with E-state index in [1.165, 1.54) is 0 Å². The molecule has 0 aliphatic carbocycles. The van der Waals surface area contributed by atoms with Gasteiger partial charge in [-0.1, -0.05) is 48.3 Å². The number of aliphatic hydroxyl groups is 1. The van der Waals surface area contributed by atoms with E-state index in [9.17, 15) is 9.90 Å². The molecule has 0 radical (unpaired) electrons. The molecule has 0 saturated heterocycles. The number of carbonyl (C=O) groups excluding carboxylic acids is 1. The highest BCUT2D eigenvalue weighted by Gasteiger charge is 2.12. The number of rotatable bonds is 6. The van der Waals surface area contributed by atoms with Gasteiger partial charge in [0, 0.05) is 17.6 Å².